The van der Waals surface area contributed by atoms with Crippen LogP contribution in [0.3, 0.4) is 0 Å². The number of halogens is 1. The van der Waals surface area contributed by atoms with E-state index in [1.165, 1.54) is 19.2 Å². The predicted molar refractivity (Wildman–Crippen MR) is 94.9 cm³/mol. The average molecular weight is 340 g/mol. The third kappa shape index (κ3) is 3.60. The van der Waals surface area contributed by atoms with E-state index in [2.05, 4.69) is 20.6 Å². The quantitative estimate of drug-likeness (QED) is 0.614. The highest BCUT2D eigenvalue weighted by molar-refractivity contribution is 5.74. The lowest BCUT2D eigenvalue weighted by Crippen LogP contribution is -1.98. The van der Waals surface area contributed by atoms with Crippen LogP contribution in [0.2, 0.25) is 0 Å². The molecule has 0 bridgehead atoms. The first kappa shape index (κ1) is 16.5. The molecule has 128 valence electrons. The minimum atomic E-state index is -0.437. The van der Waals surface area contributed by atoms with Crippen molar-refractivity contribution in [1.82, 2.24) is 9.97 Å². The van der Waals surface area contributed by atoms with Gasteiger partial charge in [-0.05, 0) is 36.4 Å². The molecule has 3 N–H and O–H groups in total. The zero-order chi connectivity index (χ0) is 17.8. The molecule has 0 aliphatic heterocycles. The first-order valence-corrected chi connectivity index (χ1v) is 7.55. The van der Waals surface area contributed by atoms with Gasteiger partial charge in [0.1, 0.15) is 17.3 Å². The fourth-order valence-electron chi connectivity index (χ4n) is 2.33. The highest BCUT2D eigenvalue weighted by Crippen LogP contribution is 2.32. The molecule has 0 aliphatic carbocycles. The van der Waals surface area contributed by atoms with E-state index in [9.17, 15) is 9.50 Å². The Bertz CT molecular complexity index is 902. The van der Waals surface area contributed by atoms with E-state index in [1.54, 1.807) is 43.6 Å². The summed E-state index contributed by atoms with van der Waals surface area (Å²) in [6.07, 6.45) is 1.59. The summed E-state index contributed by atoms with van der Waals surface area (Å²) in [5, 5.41) is 16.0. The second-order valence-electron chi connectivity index (χ2n) is 5.22. The number of phenolic OH excluding ortho intramolecular Hbond substituents is 1. The molecule has 3 aromatic rings. The fraction of sp³-hybridized carbons (Fsp3) is 0.111. The fourth-order valence-corrected chi connectivity index (χ4v) is 2.33. The van der Waals surface area contributed by atoms with Gasteiger partial charge in [0.15, 0.2) is 0 Å². The molecule has 0 spiro atoms. The Morgan fingerprint density at radius 2 is 1.96 bits per heavy atom. The molecular weight excluding hydrogens is 323 g/mol. The largest absolute Gasteiger partial charge is 0.507 e. The molecule has 3 rings (SSSR count). The molecule has 7 heteroatoms. The lowest BCUT2D eigenvalue weighted by Gasteiger charge is -2.12. The van der Waals surface area contributed by atoms with Crippen LogP contribution in [0.5, 0.6) is 11.5 Å². The Morgan fingerprint density at radius 3 is 2.68 bits per heavy atom. The van der Waals surface area contributed by atoms with Crippen molar-refractivity contribution in [1.29, 1.82) is 0 Å². The summed E-state index contributed by atoms with van der Waals surface area (Å²) in [7, 11) is 3.19. The van der Waals surface area contributed by atoms with Gasteiger partial charge in [-0.2, -0.15) is 0 Å². The molecular formula is C18H17FN4O2. The maximum absolute atomic E-state index is 14.1. The first-order valence-electron chi connectivity index (χ1n) is 7.55. The van der Waals surface area contributed by atoms with Crippen LogP contribution >= 0.6 is 0 Å². The number of phenols is 1. The second kappa shape index (κ2) is 7.04. The summed E-state index contributed by atoms with van der Waals surface area (Å²) in [5.41, 5.74) is 1.98. The zero-order valence-corrected chi connectivity index (χ0v) is 13.7. The van der Waals surface area contributed by atoms with Crippen LogP contribution < -0.4 is 15.4 Å². The van der Waals surface area contributed by atoms with E-state index in [-0.39, 0.29) is 5.75 Å². The summed E-state index contributed by atoms with van der Waals surface area (Å²) in [6, 6.07) is 11.1. The number of nitrogens with zero attached hydrogens (tertiary/aromatic N) is 2. The Balaban J connectivity index is 1.94. The normalized spacial score (nSPS) is 10.4. The number of ether oxygens (including phenoxy) is 1. The molecule has 0 amide bonds. The van der Waals surface area contributed by atoms with Crippen molar-refractivity contribution in [2.24, 2.45) is 0 Å². The highest BCUT2D eigenvalue weighted by atomic mass is 19.1. The summed E-state index contributed by atoms with van der Waals surface area (Å²) < 4.78 is 19.1. The number of methoxy groups -OCH3 is 1. The number of hydrogen-bond acceptors (Lipinski definition) is 6. The third-order valence-electron chi connectivity index (χ3n) is 3.61. The lowest BCUT2D eigenvalue weighted by atomic mass is 10.1. The van der Waals surface area contributed by atoms with Crippen molar-refractivity contribution in [3.8, 4) is 22.8 Å². The van der Waals surface area contributed by atoms with E-state index >= 15 is 0 Å². The monoisotopic (exact) mass is 340 g/mol. The van der Waals surface area contributed by atoms with E-state index in [1.807, 2.05) is 0 Å². The van der Waals surface area contributed by atoms with Gasteiger partial charge in [-0.1, -0.05) is 0 Å². The molecule has 1 aromatic heterocycles. The number of aromatic hydroxyl groups is 1. The maximum atomic E-state index is 14.1. The minimum absolute atomic E-state index is 0.0708. The van der Waals surface area contributed by atoms with E-state index in [4.69, 9.17) is 4.74 Å². The predicted octanol–water partition coefficient (Wildman–Crippen LogP) is 3.78. The van der Waals surface area contributed by atoms with Gasteiger partial charge in [0.05, 0.1) is 18.5 Å². The Hall–Kier alpha value is -3.35. The number of rotatable bonds is 5. The highest BCUT2D eigenvalue weighted by Gasteiger charge is 2.10. The van der Waals surface area contributed by atoms with Crippen molar-refractivity contribution >= 4 is 17.3 Å². The van der Waals surface area contributed by atoms with Gasteiger partial charge < -0.3 is 20.5 Å². The zero-order valence-electron chi connectivity index (χ0n) is 13.7. The van der Waals surface area contributed by atoms with Crippen LogP contribution in [0.1, 0.15) is 0 Å². The van der Waals surface area contributed by atoms with Gasteiger partial charge in [-0.3, -0.25) is 0 Å². The molecule has 0 atom stereocenters. The molecule has 0 radical (unpaired) electrons. The van der Waals surface area contributed by atoms with E-state index in [0.717, 1.165) is 0 Å². The maximum Gasteiger partial charge on any atom is 0.222 e. The van der Waals surface area contributed by atoms with Gasteiger partial charge >= 0.3 is 0 Å². The van der Waals surface area contributed by atoms with E-state index < -0.39 is 5.82 Å². The Kier molecular flexibility index (Phi) is 4.65. The smallest absolute Gasteiger partial charge is 0.222 e. The Labute approximate surface area is 144 Å². The molecule has 0 saturated heterocycles. The number of anilines is 3. The van der Waals surface area contributed by atoms with Gasteiger partial charge in [0.25, 0.3) is 0 Å². The molecule has 0 aliphatic rings. The van der Waals surface area contributed by atoms with Gasteiger partial charge in [0.2, 0.25) is 5.95 Å². The summed E-state index contributed by atoms with van der Waals surface area (Å²) in [5.74, 6) is 0.515. The third-order valence-corrected chi connectivity index (χ3v) is 3.61. The van der Waals surface area contributed by atoms with Crippen LogP contribution in [-0.4, -0.2) is 29.2 Å². The first-order chi connectivity index (χ1) is 12.1. The molecule has 0 fully saturated rings. The molecule has 25 heavy (non-hydrogen) atoms. The second-order valence-corrected chi connectivity index (χ2v) is 5.22. The van der Waals surface area contributed by atoms with Crippen LogP contribution in [0.4, 0.5) is 21.7 Å². The number of nitrogens with one attached hydrogen (secondary N) is 2. The number of aromatic nitrogens is 2. The lowest BCUT2D eigenvalue weighted by molar-refractivity contribution is 0.411. The summed E-state index contributed by atoms with van der Waals surface area (Å²) in [6.45, 7) is 0. The molecule has 2 aromatic carbocycles. The van der Waals surface area contributed by atoms with Crippen LogP contribution in [0, 0.1) is 5.82 Å². The minimum Gasteiger partial charge on any atom is -0.507 e. The Morgan fingerprint density at radius 1 is 1.12 bits per heavy atom. The van der Waals surface area contributed by atoms with Crippen molar-refractivity contribution in [2.45, 2.75) is 0 Å². The number of hydrogen-bond donors (Lipinski definition) is 3. The van der Waals surface area contributed by atoms with Gasteiger partial charge in [0, 0.05) is 30.6 Å². The van der Waals surface area contributed by atoms with Crippen LogP contribution in [-0.2, 0) is 0 Å². The van der Waals surface area contributed by atoms with E-state index in [0.29, 0.717) is 34.3 Å². The van der Waals surface area contributed by atoms with Crippen molar-refractivity contribution in [3.05, 3.63) is 54.5 Å². The molecule has 0 unspecified atom stereocenters. The topological polar surface area (TPSA) is 79.3 Å². The average Bonchev–Trinajstić information content (AvgIpc) is 2.64. The van der Waals surface area contributed by atoms with Crippen LogP contribution in [0.15, 0.2) is 48.7 Å². The standard InChI is InChI=1S/C18H17FN4O2/c1-20-18-21-8-7-15(23-18)13-9-11(3-6-17(13)24)22-16-5-4-12(25-2)10-14(16)19/h3-10,22,24H,1-2H3,(H,20,21,23). The molecule has 0 saturated carbocycles. The summed E-state index contributed by atoms with van der Waals surface area (Å²) >= 11 is 0. The van der Waals surface area contributed by atoms with Crippen molar-refractivity contribution in [3.63, 3.8) is 0 Å². The van der Waals surface area contributed by atoms with Gasteiger partial charge in [-0.25, -0.2) is 14.4 Å². The van der Waals surface area contributed by atoms with Crippen molar-refractivity contribution < 1.29 is 14.2 Å². The summed E-state index contributed by atoms with van der Waals surface area (Å²) in [4.78, 5) is 8.36. The van der Waals surface area contributed by atoms with Crippen LogP contribution in [0.25, 0.3) is 11.3 Å². The number of benzene rings is 2. The van der Waals surface area contributed by atoms with Gasteiger partial charge in [-0.15, -0.1) is 0 Å². The SMILES string of the molecule is CNc1nccc(-c2cc(Nc3ccc(OC)cc3F)ccc2O)n1. The molecule has 6 nitrogen and oxygen atoms in total. The van der Waals surface area contributed by atoms with Crippen molar-refractivity contribution in [2.75, 3.05) is 24.8 Å². The molecule has 1 heterocycles.